The van der Waals surface area contributed by atoms with E-state index < -0.39 is 17.6 Å². The van der Waals surface area contributed by atoms with E-state index in [2.05, 4.69) is 37.1 Å². The quantitative estimate of drug-likeness (QED) is 0.230. The number of amidine groups is 1. The van der Waals surface area contributed by atoms with Crippen molar-refractivity contribution in [3.05, 3.63) is 66.5 Å². The first-order chi connectivity index (χ1) is 18.5. The van der Waals surface area contributed by atoms with Crippen LogP contribution in [0.2, 0.25) is 0 Å². The van der Waals surface area contributed by atoms with Gasteiger partial charge in [-0.1, -0.05) is 6.58 Å². The van der Waals surface area contributed by atoms with Crippen molar-refractivity contribution in [3.8, 4) is 11.5 Å². The molecule has 0 radical (unpaired) electrons. The number of benzene rings is 1. The van der Waals surface area contributed by atoms with Crippen molar-refractivity contribution >= 4 is 28.6 Å². The van der Waals surface area contributed by atoms with Gasteiger partial charge in [0.25, 0.3) is 0 Å². The molecule has 3 heterocycles. The van der Waals surface area contributed by atoms with Gasteiger partial charge < -0.3 is 25.6 Å². The van der Waals surface area contributed by atoms with Gasteiger partial charge in [-0.2, -0.15) is 18.3 Å². The Balaban J connectivity index is 1.51. The zero-order valence-electron chi connectivity index (χ0n) is 21.3. The van der Waals surface area contributed by atoms with E-state index in [1.165, 1.54) is 6.20 Å². The fourth-order valence-corrected chi connectivity index (χ4v) is 3.69. The number of pyridine rings is 1. The normalized spacial score (nSPS) is 14.9. The Labute approximate surface area is 221 Å². The van der Waals surface area contributed by atoms with Crippen molar-refractivity contribution in [1.29, 1.82) is 0 Å². The Morgan fingerprint density at radius 1 is 1.21 bits per heavy atom. The first-order valence-corrected chi connectivity index (χ1v) is 11.8. The van der Waals surface area contributed by atoms with E-state index in [0.717, 1.165) is 18.3 Å². The lowest BCUT2D eigenvalue weighted by molar-refractivity contribution is -0.137. The number of ether oxygens (including phenoxy) is 1. The van der Waals surface area contributed by atoms with Crippen LogP contribution < -0.4 is 16.0 Å². The van der Waals surface area contributed by atoms with Crippen molar-refractivity contribution in [2.75, 3.05) is 50.6 Å². The molecule has 4 N–H and O–H groups in total. The molecular formula is C25H27F4N9O. The van der Waals surface area contributed by atoms with E-state index in [1.807, 2.05) is 0 Å². The summed E-state index contributed by atoms with van der Waals surface area (Å²) in [5.41, 5.74) is 6.25. The summed E-state index contributed by atoms with van der Waals surface area (Å²) in [6.45, 7) is 5.58. The number of halogens is 4. The maximum absolute atomic E-state index is 14.4. The monoisotopic (exact) mass is 545 g/mol. The van der Waals surface area contributed by atoms with E-state index in [0.29, 0.717) is 49.2 Å². The number of hydrogen-bond donors (Lipinski definition) is 3. The molecule has 39 heavy (non-hydrogen) atoms. The third-order valence-electron chi connectivity index (χ3n) is 5.71. The highest BCUT2D eigenvalue weighted by molar-refractivity contribution is 5.99. The highest BCUT2D eigenvalue weighted by Crippen LogP contribution is 2.35. The first kappa shape index (κ1) is 27.6. The van der Waals surface area contributed by atoms with Gasteiger partial charge in [0.1, 0.15) is 11.4 Å². The number of anilines is 3. The summed E-state index contributed by atoms with van der Waals surface area (Å²) in [5, 5.41) is 9.79. The summed E-state index contributed by atoms with van der Waals surface area (Å²) >= 11 is 0. The molecule has 0 saturated carbocycles. The van der Waals surface area contributed by atoms with Crippen LogP contribution in [-0.2, 0) is 10.9 Å². The van der Waals surface area contributed by atoms with Gasteiger partial charge in [0, 0.05) is 44.8 Å². The molecule has 0 amide bonds. The standard InChI is InChI=1S/C25H27F4N9O/c1-15(32-24(20(26)13-30)38-6-8-39-9-7-38)22-34-23(36-35-22)21-5-4-17(14-31-21)33-18-10-16(25(27,28)29)11-19(12-18)37(2)3/h4-5,10-14,33H,1,6-9,30H2,2-3H3,(H,34,35,36)/b20-13+,32-24?. The van der Waals surface area contributed by atoms with Crippen LogP contribution in [-0.4, -0.2) is 71.3 Å². The molecule has 14 heteroatoms. The fraction of sp³-hybridized carbons (Fsp3) is 0.280. The van der Waals surface area contributed by atoms with Crippen molar-refractivity contribution in [2.24, 2.45) is 10.7 Å². The number of aromatic amines is 1. The summed E-state index contributed by atoms with van der Waals surface area (Å²) in [6, 6.07) is 6.98. The Bertz CT molecular complexity index is 1370. The number of morpholine rings is 1. The minimum Gasteiger partial charge on any atom is -0.402 e. The molecule has 1 saturated heterocycles. The van der Waals surface area contributed by atoms with Gasteiger partial charge in [0.15, 0.2) is 23.3 Å². The Hall–Kier alpha value is -4.46. The number of rotatable bonds is 7. The van der Waals surface area contributed by atoms with E-state index in [4.69, 9.17) is 10.5 Å². The number of aliphatic imine (C=N–C) groups is 1. The molecule has 0 atom stereocenters. The Morgan fingerprint density at radius 3 is 2.56 bits per heavy atom. The van der Waals surface area contributed by atoms with Crippen LogP contribution in [0.4, 0.5) is 34.6 Å². The largest absolute Gasteiger partial charge is 0.416 e. The number of H-pyrrole nitrogens is 1. The SMILES string of the molecule is C=C(N=C(/C(F)=C\N)N1CCOCC1)c1n[nH]c(-c2ccc(Nc3cc(N(C)C)cc(C(F)(F)F)c3)cn2)n1. The van der Waals surface area contributed by atoms with Gasteiger partial charge in [0.2, 0.25) is 0 Å². The van der Waals surface area contributed by atoms with E-state index >= 15 is 0 Å². The molecule has 1 aromatic carbocycles. The number of alkyl halides is 3. The van der Waals surface area contributed by atoms with E-state index in [-0.39, 0.29) is 23.0 Å². The van der Waals surface area contributed by atoms with Crippen LogP contribution in [0, 0.1) is 0 Å². The van der Waals surface area contributed by atoms with E-state index in [9.17, 15) is 17.6 Å². The average Bonchev–Trinajstić information content (AvgIpc) is 3.42. The summed E-state index contributed by atoms with van der Waals surface area (Å²) in [7, 11) is 3.33. The molecule has 10 nitrogen and oxygen atoms in total. The minimum absolute atomic E-state index is 0.0118. The molecule has 0 bridgehead atoms. The molecule has 4 rings (SSSR count). The van der Waals surface area contributed by atoms with Gasteiger partial charge >= 0.3 is 6.18 Å². The van der Waals surface area contributed by atoms with Gasteiger partial charge in [-0.25, -0.2) is 14.4 Å². The van der Waals surface area contributed by atoms with Crippen LogP contribution >= 0.6 is 0 Å². The zero-order chi connectivity index (χ0) is 28.2. The molecular weight excluding hydrogens is 518 g/mol. The number of nitrogens with zero attached hydrogens (tertiary/aromatic N) is 6. The molecule has 1 aliphatic heterocycles. The van der Waals surface area contributed by atoms with Crippen molar-refractivity contribution in [3.63, 3.8) is 0 Å². The predicted molar refractivity (Wildman–Crippen MR) is 141 cm³/mol. The zero-order valence-corrected chi connectivity index (χ0v) is 21.3. The van der Waals surface area contributed by atoms with Gasteiger partial charge in [0.05, 0.1) is 30.7 Å². The third-order valence-corrected chi connectivity index (χ3v) is 5.71. The van der Waals surface area contributed by atoms with Crippen molar-refractivity contribution in [2.45, 2.75) is 6.18 Å². The second-order valence-corrected chi connectivity index (χ2v) is 8.72. The summed E-state index contributed by atoms with van der Waals surface area (Å²) in [4.78, 5) is 16.2. The fourth-order valence-electron chi connectivity index (χ4n) is 3.69. The maximum Gasteiger partial charge on any atom is 0.416 e. The number of aromatic nitrogens is 4. The number of nitrogens with one attached hydrogen (secondary N) is 2. The number of nitrogens with two attached hydrogens (primary N) is 1. The van der Waals surface area contributed by atoms with Gasteiger partial charge in [-0.3, -0.25) is 10.1 Å². The molecule has 2 aromatic heterocycles. The van der Waals surface area contributed by atoms with Crippen LogP contribution in [0.5, 0.6) is 0 Å². The molecule has 0 unspecified atom stereocenters. The minimum atomic E-state index is -4.49. The molecule has 206 valence electrons. The molecule has 3 aromatic rings. The lowest BCUT2D eigenvalue weighted by Gasteiger charge is -2.29. The second kappa shape index (κ2) is 11.5. The molecule has 1 fully saturated rings. The Kier molecular flexibility index (Phi) is 8.14. The smallest absolute Gasteiger partial charge is 0.402 e. The van der Waals surface area contributed by atoms with Crippen molar-refractivity contribution < 1.29 is 22.3 Å². The van der Waals surface area contributed by atoms with Crippen LogP contribution in [0.15, 0.2) is 60.1 Å². The third kappa shape index (κ3) is 6.71. The second-order valence-electron chi connectivity index (χ2n) is 8.72. The van der Waals surface area contributed by atoms with Crippen LogP contribution in [0.3, 0.4) is 0 Å². The summed E-state index contributed by atoms with van der Waals surface area (Å²) in [5.74, 6) is -0.274. The van der Waals surface area contributed by atoms with Crippen molar-refractivity contribution in [1.82, 2.24) is 25.1 Å². The first-order valence-electron chi connectivity index (χ1n) is 11.8. The van der Waals surface area contributed by atoms with Crippen LogP contribution in [0.25, 0.3) is 17.2 Å². The Morgan fingerprint density at radius 2 is 1.95 bits per heavy atom. The average molecular weight is 546 g/mol. The van der Waals surface area contributed by atoms with Gasteiger partial charge in [-0.15, -0.1) is 0 Å². The lowest BCUT2D eigenvalue weighted by atomic mass is 10.1. The molecule has 0 spiro atoms. The molecule has 1 aliphatic rings. The van der Waals surface area contributed by atoms with Crippen LogP contribution in [0.1, 0.15) is 11.4 Å². The van der Waals surface area contributed by atoms with Gasteiger partial charge in [-0.05, 0) is 30.3 Å². The molecule has 0 aliphatic carbocycles. The number of hydrogen-bond acceptors (Lipinski definition) is 8. The topological polar surface area (TPSA) is 121 Å². The van der Waals surface area contributed by atoms with E-state index in [1.54, 1.807) is 42.1 Å². The lowest BCUT2D eigenvalue weighted by Crippen LogP contribution is -2.41. The highest BCUT2D eigenvalue weighted by atomic mass is 19.4. The summed E-state index contributed by atoms with van der Waals surface area (Å²) in [6.07, 6.45) is -2.21. The predicted octanol–water partition coefficient (Wildman–Crippen LogP) is 4.17. The highest BCUT2D eigenvalue weighted by Gasteiger charge is 2.31. The summed E-state index contributed by atoms with van der Waals surface area (Å²) < 4.78 is 59.8. The maximum atomic E-state index is 14.4.